The lowest BCUT2D eigenvalue weighted by Crippen LogP contribution is -2.52. The summed E-state index contributed by atoms with van der Waals surface area (Å²) in [4.78, 5) is 19.4. The third-order valence-corrected chi connectivity index (χ3v) is 5.21. The van der Waals surface area contributed by atoms with Gasteiger partial charge in [0, 0.05) is 32.4 Å². The van der Waals surface area contributed by atoms with E-state index >= 15 is 0 Å². The summed E-state index contributed by atoms with van der Waals surface area (Å²) in [6.45, 7) is 5.25. The number of nitrogens with one attached hydrogen (secondary N) is 1. The maximum Gasteiger partial charge on any atom is 0.268 e. The monoisotopic (exact) mass is 384 g/mol. The minimum Gasteiger partial charge on any atom is -0.304 e. The minimum atomic E-state index is -0.245. The van der Waals surface area contributed by atoms with Gasteiger partial charge in [-0.2, -0.15) is 5.10 Å². The molecule has 0 atom stereocenters. The first-order valence-corrected chi connectivity index (χ1v) is 9.26. The average molecular weight is 385 g/mol. The van der Waals surface area contributed by atoms with Crippen LogP contribution in [-0.2, 0) is 0 Å². The quantitative estimate of drug-likeness (QED) is 0.750. The second kappa shape index (κ2) is 7.26. The van der Waals surface area contributed by atoms with E-state index in [1.807, 2.05) is 42.3 Å². The van der Waals surface area contributed by atoms with Gasteiger partial charge in [0.15, 0.2) is 5.65 Å². The van der Waals surface area contributed by atoms with E-state index < -0.39 is 0 Å². The number of amides is 1. The van der Waals surface area contributed by atoms with Crippen molar-refractivity contribution in [3.8, 4) is 5.69 Å². The van der Waals surface area contributed by atoms with Crippen LogP contribution in [0.15, 0.2) is 36.5 Å². The second-order valence-electron chi connectivity index (χ2n) is 6.75. The van der Waals surface area contributed by atoms with Crippen LogP contribution in [0, 0.1) is 6.92 Å². The lowest BCUT2D eigenvalue weighted by atomic mass is 10.2. The fraction of sp³-hybridized carbons (Fsp3) is 0.316. The molecule has 1 N–H and O–H groups in total. The van der Waals surface area contributed by atoms with Gasteiger partial charge in [0.2, 0.25) is 0 Å². The number of carbonyl (C=O) groups excluding carboxylic acids is 1. The van der Waals surface area contributed by atoms with Gasteiger partial charge >= 0.3 is 0 Å². The van der Waals surface area contributed by atoms with E-state index in [0.29, 0.717) is 21.6 Å². The maximum absolute atomic E-state index is 12.7. The molecule has 1 aliphatic rings. The lowest BCUT2D eigenvalue weighted by molar-refractivity contribution is 0.0662. The predicted octanol–water partition coefficient (Wildman–Crippen LogP) is 2.27. The Hall–Kier alpha value is -2.48. The number of hydrogen-bond donors (Lipinski definition) is 1. The van der Waals surface area contributed by atoms with Gasteiger partial charge in [0.1, 0.15) is 0 Å². The molecule has 7 nitrogen and oxygen atoms in total. The standard InChI is InChI=1S/C19H21ClN6O/c1-13-16-17(20)15(19(27)23-25-10-8-24(2)9-11-25)12-21-18(16)26(22-13)14-6-4-3-5-7-14/h3-7,12H,8-11H2,1-2H3,(H,23,27). The summed E-state index contributed by atoms with van der Waals surface area (Å²) < 4.78 is 1.75. The average Bonchev–Trinajstić information content (AvgIpc) is 3.02. The van der Waals surface area contributed by atoms with Crippen molar-refractivity contribution >= 4 is 28.5 Å². The maximum atomic E-state index is 12.7. The van der Waals surface area contributed by atoms with Gasteiger partial charge in [0.25, 0.3) is 5.91 Å². The van der Waals surface area contributed by atoms with Gasteiger partial charge < -0.3 is 4.90 Å². The molecule has 3 aromatic rings. The normalized spacial score (nSPS) is 16.0. The smallest absolute Gasteiger partial charge is 0.268 e. The van der Waals surface area contributed by atoms with Crippen LogP contribution in [0.4, 0.5) is 0 Å². The Kier molecular flexibility index (Phi) is 4.82. The molecule has 0 saturated carbocycles. The predicted molar refractivity (Wildman–Crippen MR) is 105 cm³/mol. The number of para-hydroxylation sites is 1. The Morgan fingerprint density at radius 1 is 1.15 bits per heavy atom. The van der Waals surface area contributed by atoms with Gasteiger partial charge in [-0.1, -0.05) is 29.8 Å². The first kappa shape index (κ1) is 17.9. The highest BCUT2D eigenvalue weighted by molar-refractivity contribution is 6.38. The first-order chi connectivity index (χ1) is 13.0. The zero-order valence-corrected chi connectivity index (χ0v) is 16.1. The number of aryl methyl sites for hydroxylation is 1. The molecular weight excluding hydrogens is 364 g/mol. The Labute approximate surface area is 162 Å². The minimum absolute atomic E-state index is 0.245. The number of hydrazine groups is 1. The SMILES string of the molecule is Cc1nn(-c2ccccc2)c2ncc(C(=O)NN3CCN(C)CC3)c(Cl)c12. The fourth-order valence-corrected chi connectivity index (χ4v) is 3.59. The molecule has 3 heterocycles. The summed E-state index contributed by atoms with van der Waals surface area (Å²) in [6.07, 6.45) is 1.52. The van der Waals surface area contributed by atoms with Crippen LogP contribution < -0.4 is 5.43 Å². The number of piperazine rings is 1. The van der Waals surface area contributed by atoms with Crippen LogP contribution in [-0.4, -0.2) is 63.8 Å². The topological polar surface area (TPSA) is 66.3 Å². The summed E-state index contributed by atoms with van der Waals surface area (Å²) in [5.41, 5.74) is 5.57. The van der Waals surface area contributed by atoms with Gasteiger partial charge in [-0.3, -0.25) is 10.2 Å². The molecule has 1 aliphatic heterocycles. The van der Waals surface area contributed by atoms with E-state index in [0.717, 1.165) is 37.6 Å². The number of likely N-dealkylation sites (N-methyl/N-ethyl adjacent to an activating group) is 1. The highest BCUT2D eigenvalue weighted by Crippen LogP contribution is 2.29. The molecule has 0 spiro atoms. The number of benzene rings is 1. The van der Waals surface area contributed by atoms with Crippen molar-refractivity contribution in [1.29, 1.82) is 0 Å². The van der Waals surface area contributed by atoms with Crippen LogP contribution >= 0.6 is 11.6 Å². The Morgan fingerprint density at radius 3 is 2.56 bits per heavy atom. The Bertz CT molecular complexity index is 979. The van der Waals surface area contributed by atoms with E-state index in [-0.39, 0.29) is 5.91 Å². The second-order valence-corrected chi connectivity index (χ2v) is 7.13. The van der Waals surface area contributed by atoms with Crippen molar-refractivity contribution in [3.63, 3.8) is 0 Å². The highest BCUT2D eigenvalue weighted by atomic mass is 35.5. The molecule has 0 unspecified atom stereocenters. The van der Waals surface area contributed by atoms with Gasteiger partial charge in [-0.15, -0.1) is 0 Å². The molecule has 1 saturated heterocycles. The van der Waals surface area contributed by atoms with Crippen molar-refractivity contribution in [1.82, 2.24) is 30.1 Å². The van der Waals surface area contributed by atoms with Crippen LogP contribution in [0.3, 0.4) is 0 Å². The van der Waals surface area contributed by atoms with Crippen LogP contribution in [0.5, 0.6) is 0 Å². The molecule has 4 rings (SSSR count). The van der Waals surface area contributed by atoms with Crippen molar-refractivity contribution < 1.29 is 4.79 Å². The van der Waals surface area contributed by atoms with Gasteiger partial charge in [0.05, 0.1) is 27.4 Å². The fourth-order valence-electron chi connectivity index (χ4n) is 3.24. The summed E-state index contributed by atoms with van der Waals surface area (Å²) in [5, 5.41) is 7.57. The first-order valence-electron chi connectivity index (χ1n) is 8.88. The molecule has 0 aliphatic carbocycles. The molecule has 0 bridgehead atoms. The number of carbonyl (C=O) groups is 1. The molecule has 8 heteroatoms. The molecule has 1 fully saturated rings. The number of hydrogen-bond acceptors (Lipinski definition) is 5. The Balaban J connectivity index is 1.66. The zero-order chi connectivity index (χ0) is 19.0. The van der Waals surface area contributed by atoms with E-state index in [4.69, 9.17) is 11.6 Å². The lowest BCUT2D eigenvalue weighted by Gasteiger charge is -2.32. The molecule has 27 heavy (non-hydrogen) atoms. The van der Waals surface area contributed by atoms with Gasteiger partial charge in [-0.05, 0) is 26.1 Å². The summed E-state index contributed by atoms with van der Waals surface area (Å²) in [6, 6.07) is 9.74. The van der Waals surface area contributed by atoms with Crippen LogP contribution in [0.1, 0.15) is 16.1 Å². The number of halogens is 1. The van der Waals surface area contributed by atoms with E-state index in [1.54, 1.807) is 4.68 Å². The number of rotatable bonds is 3. The third kappa shape index (κ3) is 3.41. The van der Waals surface area contributed by atoms with E-state index in [9.17, 15) is 4.79 Å². The Morgan fingerprint density at radius 2 is 1.85 bits per heavy atom. The van der Waals surface area contributed by atoms with E-state index in [2.05, 4.69) is 27.5 Å². The number of pyridine rings is 1. The molecule has 1 aromatic carbocycles. The zero-order valence-electron chi connectivity index (χ0n) is 15.3. The molecule has 2 aromatic heterocycles. The number of fused-ring (bicyclic) bond motifs is 1. The van der Waals surface area contributed by atoms with E-state index in [1.165, 1.54) is 6.20 Å². The number of nitrogens with zero attached hydrogens (tertiary/aromatic N) is 5. The van der Waals surface area contributed by atoms with Crippen molar-refractivity contribution in [3.05, 3.63) is 52.8 Å². The largest absolute Gasteiger partial charge is 0.304 e. The number of aromatic nitrogens is 3. The van der Waals surface area contributed by atoms with Crippen LogP contribution in [0.2, 0.25) is 5.02 Å². The van der Waals surface area contributed by atoms with Gasteiger partial charge in [-0.25, -0.2) is 14.7 Å². The summed E-state index contributed by atoms with van der Waals surface area (Å²) >= 11 is 6.60. The summed E-state index contributed by atoms with van der Waals surface area (Å²) in [7, 11) is 2.07. The van der Waals surface area contributed by atoms with Crippen molar-refractivity contribution in [2.24, 2.45) is 0 Å². The van der Waals surface area contributed by atoms with Crippen LogP contribution in [0.25, 0.3) is 16.7 Å². The molecule has 140 valence electrons. The highest BCUT2D eigenvalue weighted by Gasteiger charge is 2.22. The molecule has 1 amide bonds. The van der Waals surface area contributed by atoms with Crippen molar-refractivity contribution in [2.45, 2.75) is 6.92 Å². The van der Waals surface area contributed by atoms with Crippen molar-refractivity contribution in [2.75, 3.05) is 33.2 Å². The summed E-state index contributed by atoms with van der Waals surface area (Å²) in [5.74, 6) is -0.245. The third-order valence-electron chi connectivity index (χ3n) is 4.82. The molecular formula is C19H21ClN6O. The molecule has 0 radical (unpaired) electrons.